The van der Waals surface area contributed by atoms with Crippen LogP contribution in [0.15, 0.2) is 33.9 Å². The molecule has 2 aromatic rings. The van der Waals surface area contributed by atoms with E-state index in [2.05, 4.69) is 26.4 Å². The number of thiophene rings is 1. The number of halogens is 1. The van der Waals surface area contributed by atoms with Crippen molar-refractivity contribution < 1.29 is 28.7 Å². The lowest BCUT2D eigenvalue weighted by molar-refractivity contribution is -0.125. The Hall–Kier alpha value is -2.72. The Bertz CT molecular complexity index is 1030. The van der Waals surface area contributed by atoms with Gasteiger partial charge in [-0.1, -0.05) is 33.2 Å². The molecule has 0 radical (unpaired) electrons. The van der Waals surface area contributed by atoms with Gasteiger partial charge in [0.05, 0.1) is 25.0 Å². The van der Waals surface area contributed by atoms with Gasteiger partial charge in [0, 0.05) is 16.5 Å². The van der Waals surface area contributed by atoms with E-state index in [1.165, 1.54) is 7.11 Å². The molecule has 0 unspecified atom stereocenters. The van der Waals surface area contributed by atoms with E-state index in [0.29, 0.717) is 11.3 Å². The number of anilines is 1. The Labute approximate surface area is 185 Å². The quantitative estimate of drug-likeness (QED) is 0.610. The summed E-state index contributed by atoms with van der Waals surface area (Å²) in [5, 5.41) is 6.90. The highest BCUT2D eigenvalue weighted by molar-refractivity contribution is 9.10. The zero-order valence-corrected chi connectivity index (χ0v) is 18.9. The summed E-state index contributed by atoms with van der Waals surface area (Å²) in [6.45, 7) is 3.43. The summed E-state index contributed by atoms with van der Waals surface area (Å²) in [5.74, 6) is -1.71. The van der Waals surface area contributed by atoms with Crippen molar-refractivity contribution in [3.63, 3.8) is 0 Å². The summed E-state index contributed by atoms with van der Waals surface area (Å²) >= 11 is 4.36. The molecule has 0 saturated carbocycles. The van der Waals surface area contributed by atoms with Gasteiger partial charge in [-0.25, -0.2) is 9.59 Å². The number of nitrogens with zero attached hydrogens (tertiary/aromatic N) is 1. The molecule has 8 nitrogen and oxygen atoms in total. The summed E-state index contributed by atoms with van der Waals surface area (Å²) in [5.41, 5.74) is 1.99. The van der Waals surface area contributed by atoms with Crippen LogP contribution in [0.1, 0.15) is 44.5 Å². The van der Waals surface area contributed by atoms with E-state index in [9.17, 15) is 14.4 Å². The van der Waals surface area contributed by atoms with Crippen molar-refractivity contribution >= 4 is 55.8 Å². The van der Waals surface area contributed by atoms with Crippen LogP contribution < -0.4 is 5.32 Å². The summed E-state index contributed by atoms with van der Waals surface area (Å²) in [6.07, 6.45) is -0.594. The number of carbonyl (C=O) groups excluding carboxylic acids is 3. The van der Waals surface area contributed by atoms with Gasteiger partial charge >= 0.3 is 11.9 Å². The van der Waals surface area contributed by atoms with Gasteiger partial charge in [-0.05, 0) is 31.5 Å². The first-order valence-corrected chi connectivity index (χ1v) is 10.6. The van der Waals surface area contributed by atoms with E-state index in [0.717, 1.165) is 21.4 Å². The predicted octanol–water partition coefficient (Wildman–Crippen LogP) is 3.91. The first kappa shape index (κ1) is 22.0. The minimum absolute atomic E-state index is 0.127. The lowest BCUT2D eigenvalue weighted by Crippen LogP contribution is -2.28. The summed E-state index contributed by atoms with van der Waals surface area (Å²) in [6, 6.07) is 7.51. The van der Waals surface area contributed by atoms with E-state index in [-0.39, 0.29) is 28.5 Å². The molecule has 0 aliphatic carbocycles. The van der Waals surface area contributed by atoms with Gasteiger partial charge in [0.2, 0.25) is 6.10 Å². The highest BCUT2D eigenvalue weighted by Crippen LogP contribution is 2.35. The van der Waals surface area contributed by atoms with Crippen LogP contribution >= 0.6 is 27.3 Å². The monoisotopic (exact) mass is 494 g/mol. The molecule has 1 aliphatic rings. The fourth-order valence-corrected chi connectivity index (χ4v) is 4.40. The van der Waals surface area contributed by atoms with Crippen LogP contribution in [0.4, 0.5) is 5.00 Å². The molecule has 1 aliphatic heterocycles. The molecule has 0 fully saturated rings. The number of methoxy groups -OCH3 is 1. The zero-order chi connectivity index (χ0) is 21.8. The highest BCUT2D eigenvalue weighted by atomic mass is 79.9. The Morgan fingerprint density at radius 1 is 1.33 bits per heavy atom. The van der Waals surface area contributed by atoms with Gasteiger partial charge in [-0.2, -0.15) is 0 Å². The molecule has 158 valence electrons. The molecule has 2 heterocycles. The van der Waals surface area contributed by atoms with E-state index in [4.69, 9.17) is 14.3 Å². The Balaban J connectivity index is 1.79. The molecule has 0 spiro atoms. The van der Waals surface area contributed by atoms with E-state index in [1.54, 1.807) is 13.8 Å². The fraction of sp³-hybridized carbons (Fsp3) is 0.300. The summed E-state index contributed by atoms with van der Waals surface area (Å²) in [7, 11) is 1.25. The van der Waals surface area contributed by atoms with E-state index in [1.807, 2.05) is 24.3 Å². The minimum atomic E-state index is -0.863. The molecular formula is C20H19BrN2O6S. The standard InChI is InChI=1S/C20H19BrN2O6S/c1-4-28-19(25)15-10(2)16(20(26)27-3)30-18(15)22-17(24)14-9-13(23-29-14)11-6-5-7-12(21)8-11/h5-8,14H,4,9H2,1-3H3,(H,22,24)/t14-/m0/s1. The third-order valence-electron chi connectivity index (χ3n) is 4.35. The van der Waals surface area contributed by atoms with Crippen LogP contribution in [-0.2, 0) is 19.1 Å². The number of amides is 1. The first-order valence-electron chi connectivity index (χ1n) is 9.04. The highest BCUT2D eigenvalue weighted by Gasteiger charge is 2.32. The van der Waals surface area contributed by atoms with Crippen molar-refractivity contribution in [3.05, 3.63) is 50.3 Å². The number of carbonyl (C=O) groups is 3. The molecule has 0 bridgehead atoms. The average Bonchev–Trinajstić information content (AvgIpc) is 3.33. The number of oxime groups is 1. The van der Waals surface area contributed by atoms with Crippen molar-refractivity contribution in [3.8, 4) is 0 Å². The van der Waals surface area contributed by atoms with Crippen LogP contribution in [0, 0.1) is 6.92 Å². The zero-order valence-electron chi connectivity index (χ0n) is 16.5. The van der Waals surface area contributed by atoms with Crippen LogP contribution in [-0.4, -0.2) is 43.4 Å². The molecule has 1 atom stereocenters. The molecule has 30 heavy (non-hydrogen) atoms. The molecule has 1 aromatic heterocycles. The summed E-state index contributed by atoms with van der Waals surface area (Å²) < 4.78 is 10.7. The molecule has 1 N–H and O–H groups in total. The molecular weight excluding hydrogens is 476 g/mol. The molecule has 1 aromatic carbocycles. The number of ether oxygens (including phenoxy) is 2. The van der Waals surface area contributed by atoms with Crippen molar-refractivity contribution in [2.24, 2.45) is 5.16 Å². The van der Waals surface area contributed by atoms with Crippen LogP contribution in [0.5, 0.6) is 0 Å². The average molecular weight is 495 g/mol. The molecule has 3 rings (SSSR count). The maximum absolute atomic E-state index is 12.8. The van der Waals surface area contributed by atoms with Crippen molar-refractivity contribution in [2.45, 2.75) is 26.4 Å². The predicted molar refractivity (Wildman–Crippen MR) is 115 cm³/mol. The maximum Gasteiger partial charge on any atom is 0.348 e. The van der Waals surface area contributed by atoms with Crippen LogP contribution in [0.25, 0.3) is 0 Å². The third-order valence-corrected chi connectivity index (χ3v) is 6.03. The smallest absolute Gasteiger partial charge is 0.348 e. The number of hydrogen-bond acceptors (Lipinski definition) is 8. The van der Waals surface area contributed by atoms with Gasteiger partial charge in [-0.3, -0.25) is 4.79 Å². The van der Waals surface area contributed by atoms with Crippen LogP contribution in [0.3, 0.4) is 0 Å². The van der Waals surface area contributed by atoms with Gasteiger partial charge < -0.3 is 19.6 Å². The topological polar surface area (TPSA) is 103 Å². The SMILES string of the molecule is CCOC(=O)c1c(NC(=O)[C@@H]2CC(c3cccc(Br)c3)=NO2)sc(C(=O)OC)c1C. The molecule has 0 saturated heterocycles. The van der Waals surface area contributed by atoms with Gasteiger partial charge in [0.25, 0.3) is 5.91 Å². The van der Waals surface area contributed by atoms with Crippen molar-refractivity contribution in [1.82, 2.24) is 0 Å². The van der Waals surface area contributed by atoms with Crippen LogP contribution in [0.2, 0.25) is 0 Å². The number of hydrogen-bond donors (Lipinski definition) is 1. The lowest BCUT2D eigenvalue weighted by atomic mass is 10.0. The fourth-order valence-electron chi connectivity index (χ4n) is 2.89. The second kappa shape index (κ2) is 9.40. The minimum Gasteiger partial charge on any atom is -0.465 e. The Kier molecular flexibility index (Phi) is 6.88. The number of nitrogens with one attached hydrogen (secondary N) is 1. The van der Waals surface area contributed by atoms with Gasteiger partial charge in [0.1, 0.15) is 9.88 Å². The Morgan fingerprint density at radius 3 is 2.77 bits per heavy atom. The maximum atomic E-state index is 12.8. The first-order chi connectivity index (χ1) is 14.3. The molecule has 10 heteroatoms. The van der Waals surface area contributed by atoms with Crippen molar-refractivity contribution in [1.29, 1.82) is 0 Å². The second-order valence-electron chi connectivity index (χ2n) is 6.31. The molecule has 1 amide bonds. The van der Waals surface area contributed by atoms with Gasteiger partial charge in [-0.15, -0.1) is 11.3 Å². The Morgan fingerprint density at radius 2 is 2.10 bits per heavy atom. The second-order valence-corrected chi connectivity index (χ2v) is 8.24. The number of rotatable bonds is 6. The third kappa shape index (κ3) is 4.54. The lowest BCUT2D eigenvalue weighted by Gasteiger charge is -2.10. The number of esters is 2. The largest absolute Gasteiger partial charge is 0.465 e. The number of benzene rings is 1. The van der Waals surface area contributed by atoms with E-state index >= 15 is 0 Å². The van der Waals surface area contributed by atoms with Crippen molar-refractivity contribution in [2.75, 3.05) is 19.0 Å². The van der Waals surface area contributed by atoms with E-state index < -0.39 is 23.9 Å². The normalized spacial score (nSPS) is 15.2. The summed E-state index contributed by atoms with van der Waals surface area (Å²) in [4.78, 5) is 42.7. The van der Waals surface area contributed by atoms with Gasteiger partial charge in [0.15, 0.2) is 0 Å².